The Labute approximate surface area is 132 Å². The molecule has 0 bridgehead atoms. The van der Waals surface area contributed by atoms with E-state index in [1.165, 1.54) is 17.1 Å². The molecule has 2 aromatic heterocycles. The Balaban J connectivity index is 1.86. The number of anilines is 1. The number of benzene rings is 1. The van der Waals surface area contributed by atoms with E-state index < -0.39 is 0 Å². The lowest BCUT2D eigenvalue weighted by atomic mass is 10.3. The third-order valence-corrected chi connectivity index (χ3v) is 4.29. The Hall–Kier alpha value is -1.72. The summed E-state index contributed by atoms with van der Waals surface area (Å²) >= 11 is 7.70. The molecular weight excluding hydrogens is 304 g/mol. The van der Waals surface area contributed by atoms with E-state index in [-0.39, 0.29) is 0 Å². The number of hydrogen-bond acceptors (Lipinski definition) is 4. The minimum atomic E-state index is 0.556. The van der Waals surface area contributed by atoms with Gasteiger partial charge in [-0.15, -0.1) is 0 Å². The van der Waals surface area contributed by atoms with Gasteiger partial charge in [0, 0.05) is 17.4 Å². The summed E-state index contributed by atoms with van der Waals surface area (Å²) in [4.78, 5) is 12.0. The molecule has 4 nitrogen and oxygen atoms in total. The minimum Gasteiger partial charge on any atom is -0.354 e. The van der Waals surface area contributed by atoms with Gasteiger partial charge in [0.15, 0.2) is 0 Å². The molecule has 0 amide bonds. The highest BCUT2D eigenvalue weighted by Gasteiger charge is 2.09. The largest absolute Gasteiger partial charge is 0.354 e. The second kappa shape index (κ2) is 6.37. The number of aromatic nitrogens is 3. The maximum Gasteiger partial charge on any atom is 0.223 e. The molecule has 0 aliphatic rings. The van der Waals surface area contributed by atoms with Gasteiger partial charge >= 0.3 is 0 Å². The van der Waals surface area contributed by atoms with Crippen molar-refractivity contribution >= 4 is 40.2 Å². The van der Waals surface area contributed by atoms with Crippen LogP contribution in [0, 0.1) is 0 Å². The molecule has 3 rings (SSSR count). The number of aromatic amines is 1. The molecule has 0 aliphatic carbocycles. The normalized spacial score (nSPS) is 11.0. The van der Waals surface area contributed by atoms with Crippen molar-refractivity contribution in [3.8, 4) is 0 Å². The fourth-order valence-electron chi connectivity index (χ4n) is 1.95. The van der Waals surface area contributed by atoms with Gasteiger partial charge in [-0.1, -0.05) is 48.5 Å². The lowest BCUT2D eigenvalue weighted by Gasteiger charge is -2.06. The monoisotopic (exact) mass is 318 g/mol. The first kappa shape index (κ1) is 14.2. The van der Waals surface area contributed by atoms with Crippen LogP contribution in [-0.4, -0.2) is 21.5 Å². The smallest absolute Gasteiger partial charge is 0.223 e. The Morgan fingerprint density at radius 2 is 2.19 bits per heavy atom. The van der Waals surface area contributed by atoms with E-state index in [2.05, 4.69) is 45.4 Å². The van der Waals surface area contributed by atoms with Crippen molar-refractivity contribution in [3.05, 3.63) is 41.6 Å². The summed E-state index contributed by atoms with van der Waals surface area (Å²) in [5.41, 5.74) is 1.11. The van der Waals surface area contributed by atoms with Crippen LogP contribution in [0.3, 0.4) is 0 Å². The first-order valence-corrected chi connectivity index (χ1v) is 7.97. The van der Waals surface area contributed by atoms with E-state index in [1.807, 2.05) is 12.1 Å². The lowest BCUT2D eigenvalue weighted by Crippen LogP contribution is -2.04. The van der Waals surface area contributed by atoms with E-state index in [4.69, 9.17) is 11.6 Å². The molecule has 0 radical (unpaired) electrons. The maximum atomic E-state index is 6.19. The van der Waals surface area contributed by atoms with Crippen molar-refractivity contribution in [1.29, 1.82) is 0 Å². The number of para-hydroxylation sites is 1. The molecule has 0 fully saturated rings. The standard InChI is InChI=1S/C15H15ClN4S/c1-2-7-17-15-18-9-11(16)14(20-15)21-13-8-10-5-3-4-6-12(10)19-13/h3-6,8-9,19H,2,7H2,1H3,(H,17,18,20). The van der Waals surface area contributed by atoms with Crippen molar-refractivity contribution in [3.63, 3.8) is 0 Å². The van der Waals surface area contributed by atoms with Crippen molar-refractivity contribution in [2.75, 3.05) is 11.9 Å². The van der Waals surface area contributed by atoms with Crippen LogP contribution in [0.2, 0.25) is 5.02 Å². The van der Waals surface area contributed by atoms with Gasteiger partial charge in [-0.25, -0.2) is 9.97 Å². The predicted molar refractivity (Wildman–Crippen MR) is 88.2 cm³/mol. The quantitative estimate of drug-likeness (QED) is 0.676. The highest BCUT2D eigenvalue weighted by molar-refractivity contribution is 7.99. The molecule has 0 spiro atoms. The number of fused-ring (bicyclic) bond motifs is 1. The molecule has 0 atom stereocenters. The first-order chi connectivity index (χ1) is 10.3. The highest BCUT2D eigenvalue weighted by Crippen LogP contribution is 2.33. The van der Waals surface area contributed by atoms with Crippen LogP contribution < -0.4 is 5.32 Å². The second-order valence-corrected chi connectivity index (χ2v) is 6.03. The third-order valence-electron chi connectivity index (χ3n) is 2.96. The maximum absolute atomic E-state index is 6.19. The summed E-state index contributed by atoms with van der Waals surface area (Å²) in [5.74, 6) is 0.611. The van der Waals surface area contributed by atoms with Gasteiger partial charge in [0.1, 0.15) is 5.03 Å². The predicted octanol–water partition coefficient (Wildman–Crippen LogP) is 4.58. The van der Waals surface area contributed by atoms with Crippen LogP contribution in [0.1, 0.15) is 13.3 Å². The van der Waals surface area contributed by atoms with Crippen molar-refractivity contribution < 1.29 is 0 Å². The number of H-pyrrole nitrogens is 1. The summed E-state index contributed by atoms with van der Waals surface area (Å²) in [6.45, 7) is 2.95. The fraction of sp³-hybridized carbons (Fsp3) is 0.200. The first-order valence-electron chi connectivity index (χ1n) is 6.78. The van der Waals surface area contributed by atoms with Crippen LogP contribution in [0.4, 0.5) is 5.95 Å². The second-order valence-electron chi connectivity index (χ2n) is 4.60. The SMILES string of the molecule is CCCNc1ncc(Cl)c(Sc2cc3ccccc3[nH]2)n1. The zero-order valence-corrected chi connectivity index (χ0v) is 13.1. The Bertz CT molecular complexity index is 723. The highest BCUT2D eigenvalue weighted by atomic mass is 35.5. The summed E-state index contributed by atoms with van der Waals surface area (Å²) in [7, 11) is 0. The van der Waals surface area contributed by atoms with Crippen LogP contribution in [-0.2, 0) is 0 Å². The molecule has 0 saturated carbocycles. The molecule has 0 aliphatic heterocycles. The van der Waals surface area contributed by atoms with E-state index in [0.717, 1.165) is 28.5 Å². The van der Waals surface area contributed by atoms with Crippen LogP contribution in [0.25, 0.3) is 10.9 Å². The van der Waals surface area contributed by atoms with Crippen LogP contribution in [0.5, 0.6) is 0 Å². The minimum absolute atomic E-state index is 0.556. The number of rotatable bonds is 5. The summed E-state index contributed by atoms with van der Waals surface area (Å²) in [5, 5.41) is 6.66. The average Bonchev–Trinajstić information content (AvgIpc) is 2.90. The summed E-state index contributed by atoms with van der Waals surface area (Å²) in [6, 6.07) is 10.3. The molecule has 108 valence electrons. The van der Waals surface area contributed by atoms with E-state index in [9.17, 15) is 0 Å². The third kappa shape index (κ3) is 3.31. The molecule has 2 N–H and O–H groups in total. The zero-order valence-electron chi connectivity index (χ0n) is 11.6. The Morgan fingerprint density at radius 1 is 1.33 bits per heavy atom. The van der Waals surface area contributed by atoms with Gasteiger partial charge in [-0.2, -0.15) is 0 Å². The molecule has 6 heteroatoms. The molecule has 2 heterocycles. The number of halogens is 1. The van der Waals surface area contributed by atoms with Crippen LogP contribution >= 0.6 is 23.4 Å². The lowest BCUT2D eigenvalue weighted by molar-refractivity contribution is 0.935. The molecule has 3 aromatic rings. The Kier molecular flexibility index (Phi) is 4.31. The van der Waals surface area contributed by atoms with E-state index in [1.54, 1.807) is 6.20 Å². The average molecular weight is 319 g/mol. The summed E-state index contributed by atoms with van der Waals surface area (Å²) in [6.07, 6.45) is 2.66. The van der Waals surface area contributed by atoms with Crippen molar-refractivity contribution in [2.24, 2.45) is 0 Å². The molecule has 1 aromatic carbocycles. The molecule has 0 unspecified atom stereocenters. The fourth-order valence-corrected chi connectivity index (χ4v) is 3.00. The topological polar surface area (TPSA) is 53.6 Å². The van der Waals surface area contributed by atoms with E-state index >= 15 is 0 Å². The molecular formula is C15H15ClN4S. The number of nitrogens with one attached hydrogen (secondary N) is 2. The van der Waals surface area contributed by atoms with Gasteiger partial charge in [-0.3, -0.25) is 0 Å². The van der Waals surface area contributed by atoms with E-state index in [0.29, 0.717) is 11.0 Å². The van der Waals surface area contributed by atoms with Crippen LogP contribution in [0.15, 0.2) is 46.6 Å². The van der Waals surface area contributed by atoms with Gasteiger partial charge < -0.3 is 10.3 Å². The molecule has 0 saturated heterocycles. The van der Waals surface area contributed by atoms with Crippen molar-refractivity contribution in [2.45, 2.75) is 23.4 Å². The van der Waals surface area contributed by atoms with Gasteiger partial charge in [0.05, 0.1) is 16.2 Å². The van der Waals surface area contributed by atoms with Gasteiger partial charge in [0.2, 0.25) is 5.95 Å². The van der Waals surface area contributed by atoms with Crippen molar-refractivity contribution in [1.82, 2.24) is 15.0 Å². The zero-order chi connectivity index (χ0) is 14.7. The van der Waals surface area contributed by atoms with Gasteiger partial charge in [0.25, 0.3) is 0 Å². The summed E-state index contributed by atoms with van der Waals surface area (Å²) < 4.78 is 0. The van der Waals surface area contributed by atoms with Gasteiger partial charge in [-0.05, 0) is 18.6 Å². The molecule has 21 heavy (non-hydrogen) atoms. The number of hydrogen-bond donors (Lipinski definition) is 2. The number of nitrogens with zero attached hydrogens (tertiary/aromatic N) is 2. The Morgan fingerprint density at radius 3 is 3.00 bits per heavy atom.